The Morgan fingerprint density at radius 2 is 0.760 bits per heavy atom. The molecule has 0 saturated carbocycles. The lowest BCUT2D eigenvalue weighted by molar-refractivity contribution is -0.144. The Bertz CT molecular complexity index is 879. The number of aldehydes is 1. The normalized spacial score (nSPS) is 11.0. The van der Waals surface area contributed by atoms with Crippen molar-refractivity contribution >= 4 is 18.2 Å². The minimum Gasteiger partial charge on any atom is -0.493 e. The Hall–Kier alpha value is -2.57. The molecule has 0 aliphatic rings. The summed E-state index contributed by atoms with van der Waals surface area (Å²) in [6.45, 7) is 6.74. The third-order valence-corrected chi connectivity index (χ3v) is 9.15. The van der Waals surface area contributed by atoms with Crippen LogP contribution in [-0.2, 0) is 19.1 Å². The molecule has 0 heterocycles. The number of rotatable bonds is 37. The van der Waals surface area contributed by atoms with Gasteiger partial charge in [0.1, 0.15) is 17.8 Å². The van der Waals surface area contributed by atoms with E-state index in [0.717, 1.165) is 109 Å². The quantitative estimate of drug-likeness (QED) is 0.0387. The molecule has 288 valence electrons. The van der Waals surface area contributed by atoms with Gasteiger partial charge in [-0.2, -0.15) is 0 Å². The molecule has 7 nitrogen and oxygen atoms in total. The van der Waals surface area contributed by atoms with Crippen LogP contribution in [0.2, 0.25) is 0 Å². The number of benzene rings is 1. The molecule has 0 atom stereocenters. The zero-order chi connectivity index (χ0) is 36.2. The Morgan fingerprint density at radius 1 is 0.440 bits per heavy atom. The minimum absolute atomic E-state index is 0.0456. The Balaban J connectivity index is 2.00. The maximum Gasteiger partial charge on any atom is 0.305 e. The fourth-order valence-electron chi connectivity index (χ4n) is 6.00. The van der Waals surface area contributed by atoms with Gasteiger partial charge < -0.3 is 18.9 Å². The van der Waals surface area contributed by atoms with E-state index in [1.165, 1.54) is 64.2 Å². The molecule has 0 N–H and O–H groups in total. The number of esters is 2. The van der Waals surface area contributed by atoms with Crippen molar-refractivity contribution in [3.63, 3.8) is 0 Å². The van der Waals surface area contributed by atoms with E-state index in [-0.39, 0.29) is 11.9 Å². The first kappa shape index (κ1) is 45.5. The number of carbonyl (C=O) groups excluding carboxylic acids is 3. The van der Waals surface area contributed by atoms with Gasteiger partial charge in [0.15, 0.2) is 0 Å². The van der Waals surface area contributed by atoms with Crippen molar-refractivity contribution < 1.29 is 33.3 Å². The van der Waals surface area contributed by atoms with Crippen LogP contribution < -0.4 is 9.47 Å². The van der Waals surface area contributed by atoms with E-state index >= 15 is 0 Å². The summed E-state index contributed by atoms with van der Waals surface area (Å²) in [5, 5.41) is 0. The molecular weight excluding hydrogens is 628 g/mol. The Morgan fingerprint density at radius 3 is 1.12 bits per heavy atom. The van der Waals surface area contributed by atoms with Crippen molar-refractivity contribution in [2.75, 3.05) is 26.4 Å². The van der Waals surface area contributed by atoms with Crippen molar-refractivity contribution in [2.45, 2.75) is 194 Å². The molecule has 0 bridgehead atoms. The molecule has 0 radical (unpaired) electrons. The standard InChI is InChI=1S/C43H74O7/c1-3-5-7-9-11-17-23-29-42(45)49-33-27-21-15-13-19-25-31-47-40-35-39(38-44)36-41(37-40)48-32-26-20-14-16-22-28-34-50-43(46)30-24-18-12-10-8-6-4-2/h35-38H,3-34H2,1-2H3. The second-order valence-electron chi connectivity index (χ2n) is 14.0. The van der Waals surface area contributed by atoms with Gasteiger partial charge in [-0.25, -0.2) is 0 Å². The van der Waals surface area contributed by atoms with Crippen LogP contribution in [0, 0.1) is 0 Å². The highest BCUT2D eigenvalue weighted by atomic mass is 16.5. The van der Waals surface area contributed by atoms with Gasteiger partial charge in [-0.15, -0.1) is 0 Å². The number of hydrogen-bond acceptors (Lipinski definition) is 7. The van der Waals surface area contributed by atoms with Crippen molar-refractivity contribution in [3.8, 4) is 11.5 Å². The molecule has 1 aromatic carbocycles. The number of carbonyl (C=O) groups is 3. The van der Waals surface area contributed by atoms with Gasteiger partial charge in [-0.05, 0) is 50.7 Å². The van der Waals surface area contributed by atoms with E-state index in [1.807, 2.05) is 6.07 Å². The van der Waals surface area contributed by atoms with Crippen molar-refractivity contribution in [1.29, 1.82) is 0 Å². The summed E-state index contributed by atoms with van der Waals surface area (Å²) in [5.41, 5.74) is 0.559. The van der Waals surface area contributed by atoms with Crippen LogP contribution in [0.5, 0.6) is 11.5 Å². The maximum atomic E-state index is 11.9. The summed E-state index contributed by atoms with van der Waals surface area (Å²) < 4.78 is 22.7. The largest absolute Gasteiger partial charge is 0.493 e. The van der Waals surface area contributed by atoms with Gasteiger partial charge >= 0.3 is 11.9 Å². The fraction of sp³-hybridized carbons (Fsp3) is 0.791. The first-order valence-electron chi connectivity index (χ1n) is 20.8. The van der Waals surface area contributed by atoms with Crippen LogP contribution in [0.25, 0.3) is 0 Å². The smallest absolute Gasteiger partial charge is 0.305 e. The topological polar surface area (TPSA) is 88.1 Å². The molecule has 7 heteroatoms. The lowest BCUT2D eigenvalue weighted by Crippen LogP contribution is -2.05. The van der Waals surface area contributed by atoms with Crippen LogP contribution in [-0.4, -0.2) is 44.7 Å². The van der Waals surface area contributed by atoms with E-state index in [2.05, 4.69) is 13.8 Å². The highest BCUT2D eigenvalue weighted by Crippen LogP contribution is 2.23. The molecule has 0 aromatic heterocycles. The highest BCUT2D eigenvalue weighted by molar-refractivity contribution is 5.76. The molecule has 50 heavy (non-hydrogen) atoms. The average molecular weight is 703 g/mol. The van der Waals surface area contributed by atoms with E-state index in [0.29, 0.717) is 56.3 Å². The Kier molecular flexibility index (Phi) is 31.7. The molecule has 0 amide bonds. The first-order chi connectivity index (χ1) is 24.6. The predicted octanol–water partition coefficient (Wildman–Crippen LogP) is 12.3. The molecule has 1 rings (SSSR count). The number of hydrogen-bond donors (Lipinski definition) is 0. The van der Waals surface area contributed by atoms with E-state index < -0.39 is 0 Å². The van der Waals surface area contributed by atoms with Crippen LogP contribution in [0.15, 0.2) is 18.2 Å². The lowest BCUT2D eigenvalue weighted by atomic mass is 10.1. The SMILES string of the molecule is CCCCCCCCCC(=O)OCCCCCCCCOc1cc(C=O)cc(OCCCCCCCCOC(=O)CCCCCCCCC)c1. The summed E-state index contributed by atoms with van der Waals surface area (Å²) in [4.78, 5) is 35.2. The first-order valence-corrected chi connectivity index (χ1v) is 20.8. The van der Waals surface area contributed by atoms with Gasteiger partial charge in [0.2, 0.25) is 0 Å². The number of ether oxygens (including phenoxy) is 4. The Labute approximate surface area is 306 Å². The summed E-state index contributed by atoms with van der Waals surface area (Å²) in [5.74, 6) is 1.25. The van der Waals surface area contributed by atoms with Crippen LogP contribution in [0.3, 0.4) is 0 Å². The third-order valence-electron chi connectivity index (χ3n) is 9.15. The van der Waals surface area contributed by atoms with Crippen LogP contribution >= 0.6 is 0 Å². The monoisotopic (exact) mass is 703 g/mol. The molecule has 0 spiro atoms. The van der Waals surface area contributed by atoms with Gasteiger partial charge in [-0.1, -0.05) is 142 Å². The highest BCUT2D eigenvalue weighted by Gasteiger charge is 2.06. The molecule has 0 aliphatic carbocycles. The molecule has 1 aromatic rings. The predicted molar refractivity (Wildman–Crippen MR) is 205 cm³/mol. The third kappa shape index (κ3) is 29.2. The fourth-order valence-corrected chi connectivity index (χ4v) is 6.00. The molecule has 0 aliphatic heterocycles. The summed E-state index contributed by atoms with van der Waals surface area (Å²) in [6.07, 6.45) is 31.5. The zero-order valence-electron chi connectivity index (χ0n) is 32.3. The number of unbranched alkanes of at least 4 members (excludes halogenated alkanes) is 22. The van der Waals surface area contributed by atoms with E-state index in [9.17, 15) is 14.4 Å². The second-order valence-corrected chi connectivity index (χ2v) is 14.0. The van der Waals surface area contributed by atoms with Gasteiger partial charge in [0.25, 0.3) is 0 Å². The molecular formula is C43H74O7. The van der Waals surface area contributed by atoms with Crippen molar-refractivity contribution in [1.82, 2.24) is 0 Å². The summed E-state index contributed by atoms with van der Waals surface area (Å²) >= 11 is 0. The zero-order valence-corrected chi connectivity index (χ0v) is 32.3. The van der Waals surface area contributed by atoms with E-state index in [4.69, 9.17) is 18.9 Å². The van der Waals surface area contributed by atoms with Crippen molar-refractivity contribution in [3.05, 3.63) is 23.8 Å². The second kappa shape index (κ2) is 34.9. The average Bonchev–Trinajstić information content (AvgIpc) is 3.12. The minimum atomic E-state index is -0.0456. The molecule has 0 saturated heterocycles. The lowest BCUT2D eigenvalue weighted by Gasteiger charge is -2.11. The van der Waals surface area contributed by atoms with Gasteiger partial charge in [0, 0.05) is 24.5 Å². The van der Waals surface area contributed by atoms with Gasteiger partial charge in [-0.3, -0.25) is 14.4 Å². The van der Waals surface area contributed by atoms with Crippen molar-refractivity contribution in [2.24, 2.45) is 0 Å². The van der Waals surface area contributed by atoms with E-state index in [1.54, 1.807) is 12.1 Å². The van der Waals surface area contributed by atoms with Crippen LogP contribution in [0.4, 0.5) is 0 Å². The molecule has 0 fully saturated rings. The maximum absolute atomic E-state index is 11.9. The van der Waals surface area contributed by atoms with Gasteiger partial charge in [0.05, 0.1) is 26.4 Å². The molecule has 0 unspecified atom stereocenters. The van der Waals surface area contributed by atoms with Crippen LogP contribution in [0.1, 0.15) is 204 Å². The summed E-state index contributed by atoms with van der Waals surface area (Å²) in [7, 11) is 0. The summed E-state index contributed by atoms with van der Waals surface area (Å²) in [6, 6.07) is 5.40.